The van der Waals surface area contributed by atoms with Crippen molar-refractivity contribution in [2.75, 3.05) is 29.5 Å². The SMILES string of the molecule is C=CCN(C(=O)[C@H]1[C@@H]2OC3(CC2Br)C(C(=O)N(CC=C)c2c(C)cccc2Cl)N([C@@H](CO)C(C)C)C(=O)[C@H]13)c1ccccc1. The lowest BCUT2D eigenvalue weighted by atomic mass is 9.70. The first-order chi connectivity index (χ1) is 21.0. The van der Waals surface area contributed by atoms with E-state index in [1.807, 2.05) is 63.2 Å². The van der Waals surface area contributed by atoms with Crippen LogP contribution in [0, 0.1) is 24.7 Å². The van der Waals surface area contributed by atoms with Crippen molar-refractivity contribution in [1.29, 1.82) is 0 Å². The van der Waals surface area contributed by atoms with Crippen molar-refractivity contribution in [3.8, 4) is 0 Å². The van der Waals surface area contributed by atoms with Crippen LogP contribution in [0.1, 0.15) is 25.8 Å². The lowest BCUT2D eigenvalue weighted by Gasteiger charge is -2.40. The number of fused-ring (bicyclic) bond motifs is 1. The summed E-state index contributed by atoms with van der Waals surface area (Å²) in [5.41, 5.74) is 0.678. The highest BCUT2D eigenvalue weighted by Gasteiger charge is 2.77. The molecule has 1 spiro atoms. The fraction of sp³-hybridized carbons (Fsp3) is 0.441. The Morgan fingerprint density at radius 1 is 1.11 bits per heavy atom. The van der Waals surface area contributed by atoms with E-state index in [1.54, 1.807) is 28.0 Å². The third-order valence-corrected chi connectivity index (χ3v) is 10.4. The van der Waals surface area contributed by atoms with Gasteiger partial charge in [0.05, 0.1) is 41.3 Å². The third-order valence-electron chi connectivity index (χ3n) is 9.24. The fourth-order valence-corrected chi connectivity index (χ4v) is 8.65. The largest absolute Gasteiger partial charge is 0.394 e. The zero-order valence-corrected chi connectivity index (χ0v) is 27.6. The van der Waals surface area contributed by atoms with Gasteiger partial charge in [-0.15, -0.1) is 13.2 Å². The Bertz CT molecular complexity index is 1430. The van der Waals surface area contributed by atoms with Gasteiger partial charge >= 0.3 is 0 Å². The molecular formula is C34H39BrClN3O5. The van der Waals surface area contributed by atoms with Gasteiger partial charge in [0.25, 0.3) is 5.91 Å². The molecule has 3 aliphatic heterocycles. The van der Waals surface area contributed by atoms with E-state index in [0.717, 1.165) is 5.56 Å². The van der Waals surface area contributed by atoms with Crippen LogP contribution in [-0.2, 0) is 19.1 Å². The molecule has 3 amide bonds. The van der Waals surface area contributed by atoms with Gasteiger partial charge in [-0.25, -0.2) is 0 Å². The minimum Gasteiger partial charge on any atom is -0.394 e. The third kappa shape index (κ3) is 5.11. The number of amides is 3. The molecule has 0 aromatic heterocycles. The van der Waals surface area contributed by atoms with E-state index < -0.39 is 41.5 Å². The molecule has 0 aliphatic carbocycles. The number of aliphatic hydroxyl groups excluding tert-OH is 1. The number of rotatable bonds is 11. The molecule has 0 radical (unpaired) electrons. The molecular weight excluding hydrogens is 646 g/mol. The molecule has 5 rings (SSSR count). The maximum Gasteiger partial charge on any atom is 0.253 e. The highest BCUT2D eigenvalue weighted by atomic mass is 79.9. The number of ether oxygens (including phenoxy) is 1. The van der Waals surface area contributed by atoms with E-state index in [4.69, 9.17) is 16.3 Å². The summed E-state index contributed by atoms with van der Waals surface area (Å²) in [5, 5.41) is 11.0. The molecule has 2 aromatic rings. The highest BCUT2D eigenvalue weighted by Crippen LogP contribution is 2.61. The molecule has 10 heteroatoms. The Hall–Kier alpha value is -2.98. The van der Waals surface area contributed by atoms with E-state index in [2.05, 4.69) is 29.1 Å². The number of aryl methyl sites for hydroxylation is 1. The lowest BCUT2D eigenvalue weighted by molar-refractivity contribution is -0.145. The van der Waals surface area contributed by atoms with Crippen molar-refractivity contribution >= 4 is 56.6 Å². The minimum atomic E-state index is -1.30. The van der Waals surface area contributed by atoms with Gasteiger partial charge in [-0.1, -0.05) is 83.9 Å². The second-order valence-electron chi connectivity index (χ2n) is 12.1. The second kappa shape index (κ2) is 12.8. The molecule has 0 saturated carbocycles. The lowest BCUT2D eigenvalue weighted by Crippen LogP contribution is -2.60. The van der Waals surface area contributed by atoms with Crippen LogP contribution < -0.4 is 9.80 Å². The molecule has 3 fully saturated rings. The number of benzene rings is 2. The number of carbonyl (C=O) groups excluding carboxylic acids is 3. The van der Waals surface area contributed by atoms with E-state index in [9.17, 15) is 19.5 Å². The topological polar surface area (TPSA) is 90.4 Å². The van der Waals surface area contributed by atoms with Crippen molar-refractivity contribution < 1.29 is 24.2 Å². The average molecular weight is 685 g/mol. The first-order valence-electron chi connectivity index (χ1n) is 14.9. The van der Waals surface area contributed by atoms with Crippen LogP contribution in [0.3, 0.4) is 0 Å². The molecule has 2 aromatic carbocycles. The zero-order valence-electron chi connectivity index (χ0n) is 25.2. The molecule has 2 bridgehead atoms. The molecule has 3 saturated heterocycles. The quantitative estimate of drug-likeness (QED) is 0.261. The van der Waals surface area contributed by atoms with E-state index >= 15 is 0 Å². The number of hydrogen-bond donors (Lipinski definition) is 1. The van der Waals surface area contributed by atoms with Gasteiger partial charge in [-0.2, -0.15) is 0 Å². The normalized spacial score (nSPS) is 27.8. The standard InChI is InChI=1S/C34H39BrClN3O5/c1-6-16-37(22-13-9-8-10-14-22)31(41)26-27-32(42)39(25(19-40)20(3)4)30(34(27)18-23(35)29(26)44-34)33(43)38(17-7-2)28-21(5)12-11-15-24(28)36/h6-15,20,23,25-27,29-30,40H,1-2,16-19H2,3-5H3/t23?,25-,26+,27-,29+,30?,34?/m0/s1. The monoisotopic (exact) mass is 683 g/mol. The Morgan fingerprint density at radius 2 is 1.77 bits per heavy atom. The summed E-state index contributed by atoms with van der Waals surface area (Å²) < 4.78 is 6.76. The van der Waals surface area contributed by atoms with Gasteiger partial charge in [0.15, 0.2) is 0 Å². The van der Waals surface area contributed by atoms with E-state index in [1.165, 1.54) is 4.90 Å². The summed E-state index contributed by atoms with van der Waals surface area (Å²) in [6, 6.07) is 12.9. The molecule has 3 unspecified atom stereocenters. The van der Waals surface area contributed by atoms with Crippen LogP contribution in [0.15, 0.2) is 73.8 Å². The predicted molar refractivity (Wildman–Crippen MR) is 176 cm³/mol. The second-order valence-corrected chi connectivity index (χ2v) is 13.7. The van der Waals surface area contributed by atoms with Crippen molar-refractivity contribution in [3.05, 3.63) is 84.4 Å². The van der Waals surface area contributed by atoms with Gasteiger partial charge in [0.1, 0.15) is 11.6 Å². The maximum absolute atomic E-state index is 14.9. The summed E-state index contributed by atoms with van der Waals surface area (Å²) >= 11 is 10.4. The summed E-state index contributed by atoms with van der Waals surface area (Å²) in [7, 11) is 0. The molecule has 3 heterocycles. The molecule has 7 atom stereocenters. The number of halogens is 2. The van der Waals surface area contributed by atoms with Gasteiger partial charge < -0.3 is 24.5 Å². The predicted octanol–water partition coefficient (Wildman–Crippen LogP) is 5.15. The number of nitrogens with zero attached hydrogens (tertiary/aromatic N) is 3. The van der Waals surface area contributed by atoms with Gasteiger partial charge in [0, 0.05) is 23.6 Å². The van der Waals surface area contributed by atoms with Gasteiger partial charge in [-0.3, -0.25) is 14.4 Å². The number of aliphatic hydroxyl groups is 1. The maximum atomic E-state index is 14.9. The number of carbonyl (C=O) groups is 3. The van der Waals surface area contributed by atoms with Crippen molar-refractivity contribution in [2.24, 2.45) is 17.8 Å². The first-order valence-corrected chi connectivity index (χ1v) is 16.2. The number of hydrogen-bond acceptors (Lipinski definition) is 5. The first kappa shape index (κ1) is 32.4. The number of para-hydroxylation sites is 2. The summed E-state index contributed by atoms with van der Waals surface area (Å²) in [4.78, 5) is 48.5. The van der Waals surface area contributed by atoms with Crippen LogP contribution in [0.2, 0.25) is 5.02 Å². The van der Waals surface area contributed by atoms with Gasteiger partial charge in [0.2, 0.25) is 11.8 Å². The number of anilines is 2. The van der Waals surface area contributed by atoms with Crippen LogP contribution in [0.5, 0.6) is 0 Å². The molecule has 234 valence electrons. The van der Waals surface area contributed by atoms with Crippen molar-refractivity contribution in [1.82, 2.24) is 4.90 Å². The Balaban J connectivity index is 1.66. The summed E-state index contributed by atoms with van der Waals surface area (Å²) in [6.07, 6.45) is 2.97. The zero-order chi connectivity index (χ0) is 31.9. The minimum absolute atomic E-state index is 0.138. The van der Waals surface area contributed by atoms with E-state index in [0.29, 0.717) is 22.8 Å². The Kier molecular flexibility index (Phi) is 9.42. The average Bonchev–Trinajstić information content (AvgIpc) is 3.59. The summed E-state index contributed by atoms with van der Waals surface area (Å²) in [5.74, 6) is -2.99. The van der Waals surface area contributed by atoms with Crippen LogP contribution >= 0.6 is 27.5 Å². The van der Waals surface area contributed by atoms with Gasteiger partial charge in [-0.05, 0) is 43.0 Å². The molecule has 3 aliphatic rings. The number of alkyl halides is 1. The van der Waals surface area contributed by atoms with Crippen molar-refractivity contribution in [2.45, 2.75) is 55.8 Å². The van der Waals surface area contributed by atoms with Crippen LogP contribution in [0.4, 0.5) is 11.4 Å². The fourth-order valence-electron chi connectivity index (χ4n) is 7.38. The Labute approximate surface area is 272 Å². The van der Waals surface area contributed by atoms with Crippen LogP contribution in [-0.4, -0.2) is 76.0 Å². The smallest absolute Gasteiger partial charge is 0.253 e. The number of likely N-dealkylation sites (tertiary alicyclic amines) is 1. The molecule has 8 nitrogen and oxygen atoms in total. The van der Waals surface area contributed by atoms with Crippen molar-refractivity contribution in [3.63, 3.8) is 0 Å². The summed E-state index contributed by atoms with van der Waals surface area (Å²) in [6.45, 7) is 13.4. The van der Waals surface area contributed by atoms with Crippen LogP contribution in [0.25, 0.3) is 0 Å². The highest BCUT2D eigenvalue weighted by molar-refractivity contribution is 9.09. The van der Waals surface area contributed by atoms with E-state index in [-0.39, 0.29) is 42.3 Å². The molecule has 44 heavy (non-hydrogen) atoms. The molecule has 1 N–H and O–H groups in total. The Morgan fingerprint density at radius 3 is 2.36 bits per heavy atom.